The van der Waals surface area contributed by atoms with E-state index >= 15 is 0 Å². The molecule has 1 saturated heterocycles. The topological polar surface area (TPSA) is 68.1 Å². The number of benzene rings is 1. The molecule has 26 heavy (non-hydrogen) atoms. The van der Waals surface area contributed by atoms with E-state index in [0.29, 0.717) is 18.0 Å². The van der Waals surface area contributed by atoms with Gasteiger partial charge in [0.2, 0.25) is 10.0 Å². The number of rotatable bonds is 5. The molecule has 1 fully saturated rings. The van der Waals surface area contributed by atoms with Gasteiger partial charge in [0, 0.05) is 25.7 Å². The van der Waals surface area contributed by atoms with Gasteiger partial charge in [0.15, 0.2) is 5.65 Å². The van der Waals surface area contributed by atoms with Crippen molar-refractivity contribution in [3.8, 4) is 0 Å². The number of sulfonamides is 1. The Hall–Kier alpha value is -2.25. The molecule has 0 saturated carbocycles. The van der Waals surface area contributed by atoms with Gasteiger partial charge < -0.3 is 4.57 Å². The van der Waals surface area contributed by atoms with Crippen molar-refractivity contribution in [1.29, 1.82) is 0 Å². The van der Waals surface area contributed by atoms with Crippen molar-refractivity contribution in [2.75, 3.05) is 13.1 Å². The number of fused-ring (bicyclic) bond motifs is 1. The number of aromatic nitrogens is 3. The van der Waals surface area contributed by atoms with Crippen molar-refractivity contribution >= 4 is 21.2 Å². The molecule has 0 spiro atoms. The fourth-order valence-electron chi connectivity index (χ4n) is 3.64. The summed E-state index contributed by atoms with van der Waals surface area (Å²) in [6, 6.07) is 12.6. The summed E-state index contributed by atoms with van der Waals surface area (Å²) in [5.41, 5.74) is 1.72. The molecule has 1 aliphatic heterocycles. The minimum absolute atomic E-state index is 0.0648. The van der Waals surface area contributed by atoms with Gasteiger partial charge in [-0.1, -0.05) is 25.1 Å². The molecule has 6 nitrogen and oxygen atoms in total. The zero-order valence-corrected chi connectivity index (χ0v) is 15.6. The predicted molar refractivity (Wildman–Crippen MR) is 100 cm³/mol. The molecular weight excluding hydrogens is 348 g/mol. The molecular formula is C19H22N4O2S. The lowest BCUT2D eigenvalue weighted by Crippen LogP contribution is -2.29. The standard InChI is InChI=1S/C19H22N4O2S/c1-2-7-18-21-17-10-6-12-20-19(17)23(18)15-11-13-22(14-15)26(24,25)16-8-4-3-5-9-16/h3-6,8-10,12,15H,2,7,11,13-14H2,1H3. The first-order chi connectivity index (χ1) is 12.6. The van der Waals surface area contributed by atoms with Crippen LogP contribution in [-0.2, 0) is 16.4 Å². The van der Waals surface area contributed by atoms with Crippen molar-refractivity contribution in [2.24, 2.45) is 0 Å². The van der Waals surface area contributed by atoms with Crippen LogP contribution in [0.4, 0.5) is 0 Å². The van der Waals surface area contributed by atoms with E-state index in [1.807, 2.05) is 18.2 Å². The Bertz CT molecular complexity index is 1010. The van der Waals surface area contributed by atoms with Gasteiger partial charge in [-0.25, -0.2) is 18.4 Å². The van der Waals surface area contributed by atoms with Crippen LogP contribution in [0.3, 0.4) is 0 Å². The second-order valence-corrected chi connectivity index (χ2v) is 8.55. The Balaban J connectivity index is 1.67. The highest BCUT2D eigenvalue weighted by atomic mass is 32.2. The normalized spacial score (nSPS) is 18.6. The van der Waals surface area contributed by atoms with Gasteiger partial charge in [0.1, 0.15) is 11.3 Å². The van der Waals surface area contributed by atoms with Crippen LogP contribution in [-0.4, -0.2) is 40.3 Å². The lowest BCUT2D eigenvalue weighted by atomic mass is 10.2. The molecule has 0 amide bonds. The molecule has 0 bridgehead atoms. The summed E-state index contributed by atoms with van der Waals surface area (Å²) in [6.07, 6.45) is 4.38. The van der Waals surface area contributed by atoms with E-state index in [9.17, 15) is 8.42 Å². The average molecular weight is 370 g/mol. The smallest absolute Gasteiger partial charge is 0.243 e. The zero-order valence-electron chi connectivity index (χ0n) is 14.7. The summed E-state index contributed by atoms with van der Waals surface area (Å²) in [5.74, 6) is 0.991. The van der Waals surface area contributed by atoms with Crippen LogP contribution < -0.4 is 0 Å². The summed E-state index contributed by atoms with van der Waals surface area (Å²) >= 11 is 0. The lowest BCUT2D eigenvalue weighted by molar-refractivity contribution is 0.449. The third kappa shape index (κ3) is 2.91. The van der Waals surface area contributed by atoms with Crippen molar-refractivity contribution in [3.05, 3.63) is 54.5 Å². The average Bonchev–Trinajstić information content (AvgIpc) is 3.27. The zero-order chi connectivity index (χ0) is 18.1. The Morgan fingerprint density at radius 1 is 1.15 bits per heavy atom. The molecule has 0 radical (unpaired) electrons. The number of aryl methyl sites for hydroxylation is 1. The van der Waals surface area contributed by atoms with Crippen LogP contribution in [0, 0.1) is 0 Å². The molecule has 0 N–H and O–H groups in total. The Kier molecular flexibility index (Phi) is 4.50. The van der Waals surface area contributed by atoms with Gasteiger partial charge in [-0.3, -0.25) is 0 Å². The Morgan fingerprint density at radius 2 is 1.96 bits per heavy atom. The summed E-state index contributed by atoms with van der Waals surface area (Å²) in [6.45, 7) is 3.09. The molecule has 0 aliphatic carbocycles. The summed E-state index contributed by atoms with van der Waals surface area (Å²) < 4.78 is 29.6. The monoisotopic (exact) mass is 370 g/mol. The minimum atomic E-state index is -3.46. The molecule has 1 atom stereocenters. The van der Waals surface area contributed by atoms with Crippen LogP contribution in [0.15, 0.2) is 53.6 Å². The van der Waals surface area contributed by atoms with E-state index in [0.717, 1.165) is 36.3 Å². The highest BCUT2D eigenvalue weighted by Crippen LogP contribution is 2.31. The maximum atomic E-state index is 12.9. The largest absolute Gasteiger partial charge is 0.308 e. The molecule has 1 unspecified atom stereocenters. The Morgan fingerprint density at radius 3 is 2.73 bits per heavy atom. The fourth-order valence-corrected chi connectivity index (χ4v) is 5.15. The van der Waals surface area contributed by atoms with Gasteiger partial charge in [-0.05, 0) is 37.1 Å². The van der Waals surface area contributed by atoms with Crippen LogP contribution in [0.25, 0.3) is 11.2 Å². The van der Waals surface area contributed by atoms with E-state index in [-0.39, 0.29) is 6.04 Å². The maximum Gasteiger partial charge on any atom is 0.243 e. The lowest BCUT2D eigenvalue weighted by Gasteiger charge is -2.18. The number of nitrogens with zero attached hydrogens (tertiary/aromatic N) is 4. The molecule has 2 aromatic heterocycles. The van der Waals surface area contributed by atoms with Gasteiger partial charge in [0.05, 0.1) is 10.9 Å². The van der Waals surface area contributed by atoms with Crippen LogP contribution in [0.5, 0.6) is 0 Å². The molecule has 3 heterocycles. The van der Waals surface area contributed by atoms with Crippen molar-refractivity contribution in [3.63, 3.8) is 0 Å². The van der Waals surface area contributed by atoms with Gasteiger partial charge >= 0.3 is 0 Å². The molecule has 3 aromatic rings. The molecule has 1 aromatic carbocycles. The van der Waals surface area contributed by atoms with E-state index in [1.54, 1.807) is 34.8 Å². The highest BCUT2D eigenvalue weighted by Gasteiger charge is 2.34. The van der Waals surface area contributed by atoms with E-state index in [4.69, 9.17) is 4.98 Å². The number of pyridine rings is 1. The third-order valence-corrected chi connectivity index (χ3v) is 6.75. The highest BCUT2D eigenvalue weighted by molar-refractivity contribution is 7.89. The number of hydrogen-bond donors (Lipinski definition) is 0. The molecule has 1 aliphatic rings. The summed E-state index contributed by atoms with van der Waals surface area (Å²) in [4.78, 5) is 9.58. The van der Waals surface area contributed by atoms with Gasteiger partial charge in [-0.15, -0.1) is 0 Å². The van der Waals surface area contributed by atoms with Crippen molar-refractivity contribution < 1.29 is 8.42 Å². The third-order valence-electron chi connectivity index (χ3n) is 4.87. The maximum absolute atomic E-state index is 12.9. The minimum Gasteiger partial charge on any atom is -0.308 e. The summed E-state index contributed by atoms with van der Waals surface area (Å²) in [7, 11) is -3.46. The van der Waals surface area contributed by atoms with Gasteiger partial charge in [-0.2, -0.15) is 4.31 Å². The second-order valence-electron chi connectivity index (χ2n) is 6.61. The second kappa shape index (κ2) is 6.81. The molecule has 7 heteroatoms. The predicted octanol–water partition coefficient (Wildman–Crippen LogP) is 3.02. The van der Waals surface area contributed by atoms with E-state index < -0.39 is 10.0 Å². The Labute approximate surface area is 153 Å². The van der Waals surface area contributed by atoms with Gasteiger partial charge in [0.25, 0.3) is 0 Å². The summed E-state index contributed by atoms with van der Waals surface area (Å²) in [5, 5.41) is 0. The molecule has 4 rings (SSSR count). The van der Waals surface area contributed by atoms with Crippen LogP contribution in [0.1, 0.15) is 31.6 Å². The first-order valence-electron chi connectivity index (χ1n) is 8.98. The van der Waals surface area contributed by atoms with Crippen molar-refractivity contribution in [1.82, 2.24) is 18.8 Å². The van der Waals surface area contributed by atoms with E-state index in [1.165, 1.54) is 0 Å². The van der Waals surface area contributed by atoms with Crippen LogP contribution in [0.2, 0.25) is 0 Å². The van der Waals surface area contributed by atoms with Crippen molar-refractivity contribution in [2.45, 2.75) is 37.1 Å². The first-order valence-corrected chi connectivity index (χ1v) is 10.4. The number of imidazole rings is 1. The fraction of sp³-hybridized carbons (Fsp3) is 0.368. The quantitative estimate of drug-likeness (QED) is 0.692. The molecule has 136 valence electrons. The van der Waals surface area contributed by atoms with Crippen LogP contribution >= 0.6 is 0 Å². The van der Waals surface area contributed by atoms with E-state index in [2.05, 4.69) is 16.5 Å². The number of hydrogen-bond acceptors (Lipinski definition) is 4. The SMILES string of the molecule is CCCc1nc2cccnc2n1C1CCN(S(=O)(=O)c2ccccc2)C1. The first kappa shape index (κ1) is 17.2.